The summed E-state index contributed by atoms with van der Waals surface area (Å²) in [5.74, 6) is -2.75. The minimum Gasteiger partial charge on any atom is -0.481 e. The van der Waals surface area contributed by atoms with Gasteiger partial charge >= 0.3 is 5.97 Å². The molecule has 8 heteroatoms. The molecule has 3 saturated heterocycles. The van der Waals surface area contributed by atoms with Crippen LogP contribution in [-0.2, 0) is 14.4 Å². The Hall–Kier alpha value is -1.54. The Morgan fingerprint density at radius 3 is 2.62 bits per heavy atom. The number of fused-ring (bicyclic) bond motifs is 1. The number of likely N-dealkylation sites (tertiary alicyclic amines) is 1. The van der Waals surface area contributed by atoms with Crippen LogP contribution in [0.2, 0.25) is 0 Å². The second-order valence-electron chi connectivity index (χ2n) is 8.72. The number of rotatable bonds is 7. The quantitative estimate of drug-likeness (QED) is 0.604. The number of aliphatic carboxylic acids is 1. The van der Waals surface area contributed by atoms with Gasteiger partial charge in [-0.3, -0.25) is 14.4 Å². The van der Waals surface area contributed by atoms with Gasteiger partial charge in [-0.05, 0) is 25.7 Å². The molecular formula is C21H30N2O5S. The number of β-amino-alcohol motifs (C(OH)–C–C–N with tert-alkyl or cyclic N) is 1. The van der Waals surface area contributed by atoms with Gasteiger partial charge < -0.3 is 20.0 Å². The van der Waals surface area contributed by atoms with Crippen LogP contribution in [0.4, 0.5) is 0 Å². The molecule has 2 amide bonds. The molecular weight excluding hydrogens is 392 g/mol. The topological polar surface area (TPSA) is 98.2 Å². The van der Waals surface area contributed by atoms with Gasteiger partial charge in [0.2, 0.25) is 11.8 Å². The number of nitrogens with zero attached hydrogens (tertiary/aromatic N) is 2. The fraction of sp³-hybridized carbons (Fsp3) is 0.762. The summed E-state index contributed by atoms with van der Waals surface area (Å²) in [5, 5.41) is 19.3. The van der Waals surface area contributed by atoms with E-state index < -0.39 is 28.6 Å². The minimum absolute atomic E-state index is 0.0671. The molecule has 2 bridgehead atoms. The lowest BCUT2D eigenvalue weighted by atomic mass is 9.71. The number of hydrogen-bond donors (Lipinski definition) is 2. The molecule has 0 aromatic carbocycles. The van der Waals surface area contributed by atoms with Crippen LogP contribution in [-0.4, -0.2) is 79.6 Å². The van der Waals surface area contributed by atoms with E-state index >= 15 is 0 Å². The zero-order chi connectivity index (χ0) is 20.8. The normalized spacial score (nSPS) is 36.3. The van der Waals surface area contributed by atoms with E-state index in [0.29, 0.717) is 19.4 Å². The SMILES string of the molecule is C=CCN(C(=O)C1N(CCO)C(=O)[C@@H]2[C@@H](C(=O)O)[C@H]3CCC12S3)C1CCCCC1. The van der Waals surface area contributed by atoms with Gasteiger partial charge in [-0.15, -0.1) is 18.3 Å². The summed E-state index contributed by atoms with van der Waals surface area (Å²) >= 11 is 1.54. The van der Waals surface area contributed by atoms with Gasteiger partial charge in [-0.2, -0.15) is 0 Å². The summed E-state index contributed by atoms with van der Waals surface area (Å²) in [4.78, 5) is 42.5. The van der Waals surface area contributed by atoms with Gasteiger partial charge in [-0.1, -0.05) is 25.3 Å². The highest BCUT2D eigenvalue weighted by Gasteiger charge is 2.74. The average molecular weight is 423 g/mol. The van der Waals surface area contributed by atoms with Crippen molar-refractivity contribution in [1.82, 2.24) is 9.80 Å². The van der Waals surface area contributed by atoms with E-state index in [0.717, 1.165) is 25.7 Å². The molecule has 1 aliphatic carbocycles. The maximum absolute atomic E-state index is 13.9. The van der Waals surface area contributed by atoms with Crippen molar-refractivity contribution in [1.29, 1.82) is 0 Å². The molecule has 1 spiro atoms. The third kappa shape index (κ3) is 3.10. The molecule has 160 valence electrons. The molecule has 4 fully saturated rings. The van der Waals surface area contributed by atoms with Crippen molar-refractivity contribution in [3.63, 3.8) is 0 Å². The van der Waals surface area contributed by atoms with Gasteiger partial charge in [0.15, 0.2) is 0 Å². The van der Waals surface area contributed by atoms with Gasteiger partial charge in [-0.25, -0.2) is 0 Å². The highest BCUT2D eigenvalue weighted by atomic mass is 32.2. The molecule has 0 aromatic heterocycles. The summed E-state index contributed by atoms with van der Waals surface area (Å²) in [5.41, 5.74) is 0. The van der Waals surface area contributed by atoms with Crippen molar-refractivity contribution in [2.75, 3.05) is 19.7 Å². The first-order valence-electron chi connectivity index (χ1n) is 10.7. The predicted molar refractivity (Wildman–Crippen MR) is 109 cm³/mol. The Morgan fingerprint density at radius 2 is 2.00 bits per heavy atom. The third-order valence-corrected chi connectivity index (χ3v) is 9.24. The molecule has 4 rings (SSSR count). The van der Waals surface area contributed by atoms with Crippen molar-refractivity contribution in [3.05, 3.63) is 12.7 Å². The maximum Gasteiger partial charge on any atom is 0.308 e. The summed E-state index contributed by atoms with van der Waals surface area (Å²) in [6.07, 6.45) is 8.36. The Labute approximate surface area is 175 Å². The Morgan fingerprint density at radius 1 is 1.28 bits per heavy atom. The second-order valence-corrected chi connectivity index (χ2v) is 10.3. The van der Waals surface area contributed by atoms with Crippen LogP contribution >= 0.6 is 11.8 Å². The van der Waals surface area contributed by atoms with Crippen LogP contribution in [0.15, 0.2) is 12.7 Å². The Balaban J connectivity index is 1.71. The van der Waals surface area contributed by atoms with Crippen LogP contribution < -0.4 is 0 Å². The van der Waals surface area contributed by atoms with E-state index in [1.165, 1.54) is 23.1 Å². The van der Waals surface area contributed by atoms with E-state index in [2.05, 4.69) is 6.58 Å². The number of thioether (sulfide) groups is 1. The van der Waals surface area contributed by atoms with Crippen LogP contribution in [0.25, 0.3) is 0 Å². The van der Waals surface area contributed by atoms with Gasteiger partial charge in [0.25, 0.3) is 0 Å². The number of amides is 2. The molecule has 3 heterocycles. The van der Waals surface area contributed by atoms with Gasteiger partial charge in [0.1, 0.15) is 6.04 Å². The molecule has 2 N–H and O–H groups in total. The molecule has 4 aliphatic rings. The van der Waals surface area contributed by atoms with Gasteiger partial charge in [0.05, 0.1) is 23.2 Å². The first kappa shape index (κ1) is 20.7. The van der Waals surface area contributed by atoms with Crippen LogP contribution in [0.5, 0.6) is 0 Å². The number of carbonyl (C=O) groups excluding carboxylic acids is 2. The van der Waals surface area contributed by atoms with Crippen molar-refractivity contribution in [2.24, 2.45) is 11.8 Å². The van der Waals surface area contributed by atoms with E-state index in [1.54, 1.807) is 6.08 Å². The van der Waals surface area contributed by atoms with Crippen LogP contribution in [0.3, 0.4) is 0 Å². The van der Waals surface area contributed by atoms with Crippen LogP contribution in [0.1, 0.15) is 44.9 Å². The van der Waals surface area contributed by atoms with Crippen molar-refractivity contribution >= 4 is 29.5 Å². The largest absolute Gasteiger partial charge is 0.481 e. The van der Waals surface area contributed by atoms with Crippen molar-refractivity contribution in [2.45, 2.75) is 67.0 Å². The van der Waals surface area contributed by atoms with Crippen molar-refractivity contribution in [3.8, 4) is 0 Å². The average Bonchev–Trinajstić information content (AvgIpc) is 3.35. The number of hydrogen-bond acceptors (Lipinski definition) is 5. The third-order valence-electron chi connectivity index (χ3n) is 7.28. The highest BCUT2D eigenvalue weighted by Crippen LogP contribution is 2.66. The number of carbonyl (C=O) groups is 3. The number of carboxylic acids is 1. The van der Waals surface area contributed by atoms with Crippen molar-refractivity contribution < 1.29 is 24.6 Å². The number of aliphatic hydroxyl groups is 1. The highest BCUT2D eigenvalue weighted by molar-refractivity contribution is 8.02. The first-order valence-corrected chi connectivity index (χ1v) is 11.6. The first-order chi connectivity index (χ1) is 14.0. The molecule has 29 heavy (non-hydrogen) atoms. The second kappa shape index (κ2) is 7.95. The van der Waals surface area contributed by atoms with Crippen LogP contribution in [0, 0.1) is 11.8 Å². The molecule has 5 atom stereocenters. The summed E-state index contributed by atoms with van der Waals surface area (Å²) in [6.45, 7) is 4.08. The van der Waals surface area contributed by atoms with Gasteiger partial charge in [0, 0.05) is 24.4 Å². The molecule has 0 aromatic rings. The molecule has 1 saturated carbocycles. The maximum atomic E-state index is 13.9. The molecule has 2 unspecified atom stereocenters. The minimum atomic E-state index is -0.949. The zero-order valence-corrected chi connectivity index (χ0v) is 17.5. The summed E-state index contributed by atoms with van der Waals surface area (Å²) in [6, 6.07) is -0.567. The van der Waals surface area contributed by atoms with E-state index in [4.69, 9.17) is 0 Å². The monoisotopic (exact) mass is 422 g/mol. The molecule has 7 nitrogen and oxygen atoms in total. The number of carboxylic acid groups (broad SMARTS) is 1. The summed E-state index contributed by atoms with van der Waals surface area (Å²) in [7, 11) is 0. The lowest BCUT2D eigenvalue weighted by Gasteiger charge is -2.41. The Bertz CT molecular complexity index is 709. The van der Waals surface area contributed by atoms with E-state index in [-0.39, 0.29) is 36.3 Å². The number of aliphatic hydroxyl groups excluding tert-OH is 1. The standard InChI is InChI=1S/C21H30N2O5S/c1-2-10-22(13-6-4-3-5-7-13)19(26)17-21-9-8-14(29-21)15(20(27)28)16(21)18(25)23(17)11-12-24/h2,13-17,24H,1,3-12H2,(H,27,28)/t14-,15+,16+,17?,21?/m1/s1. The lowest BCUT2D eigenvalue weighted by molar-refractivity contribution is -0.148. The summed E-state index contributed by atoms with van der Waals surface area (Å²) < 4.78 is -0.689. The lowest BCUT2D eigenvalue weighted by Crippen LogP contribution is -2.57. The molecule has 3 aliphatic heterocycles. The fourth-order valence-corrected chi connectivity index (χ4v) is 8.38. The van der Waals surface area contributed by atoms with E-state index in [9.17, 15) is 24.6 Å². The fourth-order valence-electron chi connectivity index (χ4n) is 6.17. The predicted octanol–water partition coefficient (Wildman–Crippen LogP) is 1.50. The zero-order valence-electron chi connectivity index (χ0n) is 16.7. The molecule has 0 radical (unpaired) electrons. The van der Waals surface area contributed by atoms with E-state index in [1.807, 2.05) is 4.90 Å². The smallest absolute Gasteiger partial charge is 0.308 e. The Kier molecular flexibility index (Phi) is 5.68.